The van der Waals surface area contributed by atoms with Gasteiger partial charge in [0.25, 0.3) is 0 Å². The Morgan fingerprint density at radius 2 is 1.90 bits per heavy atom. The normalized spacial score (nSPS) is 22.5. The zero-order chi connectivity index (χ0) is 16.0. The molecule has 0 aliphatic carbocycles. The van der Waals surface area contributed by atoms with Crippen molar-refractivity contribution in [2.24, 2.45) is 5.73 Å². The first-order chi connectivity index (χ1) is 9.54. The van der Waals surface area contributed by atoms with E-state index in [0.29, 0.717) is 0 Å². The van der Waals surface area contributed by atoms with Crippen molar-refractivity contribution in [2.45, 2.75) is 32.2 Å². The Labute approximate surface area is 122 Å². The van der Waals surface area contributed by atoms with E-state index in [9.17, 15) is 13.6 Å². The number of ketones is 1. The summed E-state index contributed by atoms with van der Waals surface area (Å²) in [6, 6.07) is 2.84. The first-order valence-electron chi connectivity index (χ1n) is 6.43. The Kier molecular flexibility index (Phi) is 3.57. The summed E-state index contributed by atoms with van der Waals surface area (Å²) in [7, 11) is -2.10. The molecule has 0 amide bonds. The van der Waals surface area contributed by atoms with Crippen LogP contribution in [0.25, 0.3) is 0 Å². The van der Waals surface area contributed by atoms with Gasteiger partial charge in [-0.15, -0.1) is 0 Å². The summed E-state index contributed by atoms with van der Waals surface area (Å²) in [5.74, 6) is -2.32. The summed E-state index contributed by atoms with van der Waals surface area (Å²) in [4.78, 5) is 12.5. The highest BCUT2D eigenvalue weighted by atomic mass is 28.4. The fraction of sp³-hybridized carbons (Fsp3) is 0.357. The Morgan fingerprint density at radius 3 is 2.48 bits per heavy atom. The molecule has 0 spiro atoms. The lowest BCUT2D eigenvalue weighted by Gasteiger charge is -2.24. The van der Waals surface area contributed by atoms with E-state index in [4.69, 9.17) is 14.9 Å². The summed E-state index contributed by atoms with van der Waals surface area (Å²) in [6.07, 6.45) is 0. The molecular formula is C14H17F2NO3Si. The number of hydrogen-bond acceptors (Lipinski definition) is 4. The number of Topliss-reactive ketones (excluding diaryl/α,β-unsaturated/α-hetero) is 1. The molecule has 4 nitrogen and oxygen atoms in total. The highest BCUT2D eigenvalue weighted by Crippen LogP contribution is 2.39. The number of rotatable bonds is 3. The molecule has 1 atom stereocenters. The van der Waals surface area contributed by atoms with Crippen LogP contribution in [0.1, 0.15) is 12.5 Å². The molecule has 2 rings (SSSR count). The second-order valence-corrected chi connectivity index (χ2v) is 10.4. The minimum Gasteiger partial charge on any atom is -0.538 e. The quantitative estimate of drug-likeness (QED) is 0.872. The molecule has 0 bridgehead atoms. The molecular weight excluding hydrogens is 296 g/mol. The Morgan fingerprint density at radius 1 is 1.29 bits per heavy atom. The number of carbonyl (C=O) groups excluding carboxylic acids is 1. The largest absolute Gasteiger partial charge is 0.538 e. The van der Waals surface area contributed by atoms with E-state index in [1.807, 2.05) is 19.6 Å². The first-order valence-corrected chi connectivity index (χ1v) is 9.83. The van der Waals surface area contributed by atoms with Crippen LogP contribution in [-0.2, 0) is 19.6 Å². The molecule has 0 saturated carbocycles. The van der Waals surface area contributed by atoms with Gasteiger partial charge in [0.05, 0.1) is 0 Å². The molecule has 1 aromatic rings. The SMILES string of the molecule is CC1(c2cc(F)ccc2F)OC(N)=C(O[Si](C)(C)C)C1=O. The van der Waals surface area contributed by atoms with Gasteiger partial charge in [-0.2, -0.15) is 0 Å². The van der Waals surface area contributed by atoms with Gasteiger partial charge in [0.1, 0.15) is 11.6 Å². The number of carbonyl (C=O) groups is 1. The van der Waals surface area contributed by atoms with Gasteiger partial charge < -0.3 is 14.9 Å². The van der Waals surface area contributed by atoms with Gasteiger partial charge in [0.15, 0.2) is 0 Å². The third-order valence-electron chi connectivity index (χ3n) is 3.03. The van der Waals surface area contributed by atoms with Crippen LogP contribution >= 0.6 is 0 Å². The molecule has 1 unspecified atom stereocenters. The maximum Gasteiger partial charge on any atom is 0.249 e. The first kappa shape index (κ1) is 15.5. The van der Waals surface area contributed by atoms with E-state index in [1.54, 1.807) is 0 Å². The van der Waals surface area contributed by atoms with Gasteiger partial charge in [-0.1, -0.05) is 0 Å². The zero-order valence-electron chi connectivity index (χ0n) is 12.3. The predicted octanol–water partition coefficient (Wildman–Crippen LogP) is 2.76. The molecule has 0 radical (unpaired) electrons. The summed E-state index contributed by atoms with van der Waals surface area (Å²) in [5, 5.41) is 0. The second-order valence-electron chi connectivity index (χ2n) is 6.00. The average Bonchev–Trinajstić information content (AvgIpc) is 2.55. The molecule has 0 saturated heterocycles. The van der Waals surface area contributed by atoms with Crippen molar-refractivity contribution in [3.05, 3.63) is 47.0 Å². The molecule has 21 heavy (non-hydrogen) atoms. The van der Waals surface area contributed by atoms with Crippen molar-refractivity contribution in [3.8, 4) is 0 Å². The summed E-state index contributed by atoms with van der Waals surface area (Å²) in [6.45, 7) is 6.97. The average molecular weight is 313 g/mol. The summed E-state index contributed by atoms with van der Waals surface area (Å²) < 4.78 is 38.3. The maximum absolute atomic E-state index is 13.9. The van der Waals surface area contributed by atoms with Crippen molar-refractivity contribution in [1.29, 1.82) is 0 Å². The number of halogens is 2. The number of ether oxygens (including phenoxy) is 1. The lowest BCUT2D eigenvalue weighted by molar-refractivity contribution is -0.131. The van der Waals surface area contributed by atoms with E-state index in [0.717, 1.165) is 18.2 Å². The van der Waals surface area contributed by atoms with Crippen LogP contribution in [0.4, 0.5) is 8.78 Å². The fourth-order valence-electron chi connectivity index (χ4n) is 2.08. The topological polar surface area (TPSA) is 61.6 Å². The molecule has 1 aliphatic heterocycles. The van der Waals surface area contributed by atoms with Crippen LogP contribution < -0.4 is 5.73 Å². The molecule has 0 aromatic heterocycles. The minimum atomic E-state index is -2.10. The third kappa shape index (κ3) is 2.78. The van der Waals surface area contributed by atoms with Crippen LogP contribution in [0.3, 0.4) is 0 Å². The van der Waals surface area contributed by atoms with Gasteiger partial charge in [0.2, 0.25) is 31.3 Å². The predicted molar refractivity (Wildman–Crippen MR) is 75.4 cm³/mol. The highest BCUT2D eigenvalue weighted by Gasteiger charge is 2.50. The zero-order valence-corrected chi connectivity index (χ0v) is 13.3. The van der Waals surface area contributed by atoms with E-state index in [1.165, 1.54) is 6.92 Å². The monoisotopic (exact) mass is 313 g/mol. The van der Waals surface area contributed by atoms with Crippen LogP contribution in [0.5, 0.6) is 0 Å². The van der Waals surface area contributed by atoms with E-state index in [2.05, 4.69) is 0 Å². The van der Waals surface area contributed by atoms with Gasteiger partial charge in [0, 0.05) is 5.56 Å². The smallest absolute Gasteiger partial charge is 0.249 e. The van der Waals surface area contributed by atoms with Crippen LogP contribution in [0, 0.1) is 11.6 Å². The highest BCUT2D eigenvalue weighted by molar-refractivity contribution is 6.70. The molecule has 114 valence electrons. The third-order valence-corrected chi connectivity index (χ3v) is 3.84. The Bertz CT molecular complexity index is 640. The minimum absolute atomic E-state index is 0.111. The van der Waals surface area contributed by atoms with Crippen LogP contribution in [0.15, 0.2) is 29.8 Å². The van der Waals surface area contributed by atoms with Gasteiger partial charge >= 0.3 is 0 Å². The van der Waals surface area contributed by atoms with Crippen LogP contribution in [0.2, 0.25) is 19.6 Å². The fourth-order valence-corrected chi connectivity index (χ4v) is 2.89. The molecule has 7 heteroatoms. The Hall–Kier alpha value is -1.89. The summed E-state index contributed by atoms with van der Waals surface area (Å²) >= 11 is 0. The van der Waals surface area contributed by atoms with Crippen molar-refractivity contribution in [2.75, 3.05) is 0 Å². The maximum atomic E-state index is 13.9. The molecule has 1 heterocycles. The van der Waals surface area contributed by atoms with E-state index < -0.39 is 31.3 Å². The van der Waals surface area contributed by atoms with E-state index >= 15 is 0 Å². The van der Waals surface area contributed by atoms with Gasteiger partial charge in [-0.3, -0.25) is 4.79 Å². The number of benzene rings is 1. The van der Waals surface area contributed by atoms with Crippen molar-refractivity contribution in [1.82, 2.24) is 0 Å². The summed E-state index contributed by atoms with van der Waals surface area (Å²) in [5.41, 5.74) is 3.77. The van der Waals surface area contributed by atoms with Crippen molar-refractivity contribution in [3.63, 3.8) is 0 Å². The lowest BCUT2D eigenvalue weighted by atomic mass is 9.91. The lowest BCUT2D eigenvalue weighted by Crippen LogP contribution is -2.35. The van der Waals surface area contributed by atoms with Crippen LogP contribution in [-0.4, -0.2) is 14.1 Å². The number of hydrogen-bond donors (Lipinski definition) is 1. The molecule has 1 aromatic carbocycles. The molecule has 0 fully saturated rings. The molecule has 2 N–H and O–H groups in total. The van der Waals surface area contributed by atoms with E-state index in [-0.39, 0.29) is 17.2 Å². The number of nitrogens with two attached hydrogens (primary N) is 1. The Balaban J connectivity index is 2.44. The van der Waals surface area contributed by atoms with Gasteiger partial charge in [-0.05, 0) is 44.8 Å². The van der Waals surface area contributed by atoms with Crippen molar-refractivity contribution < 1.29 is 22.7 Å². The standard InChI is InChI=1S/C14H17F2NO3Si/c1-14(9-7-8(15)5-6-10(9)16)12(18)11(13(17)19-14)20-21(2,3)4/h5-7H,17H2,1-4H3. The second kappa shape index (κ2) is 4.83. The molecule has 1 aliphatic rings. The van der Waals surface area contributed by atoms with Crippen molar-refractivity contribution >= 4 is 14.1 Å². The van der Waals surface area contributed by atoms with Gasteiger partial charge in [-0.25, -0.2) is 8.78 Å².